The predicted octanol–water partition coefficient (Wildman–Crippen LogP) is 4.63. The molecular formula is C14H13Cl2N. The van der Waals surface area contributed by atoms with Crippen LogP contribution >= 0.6 is 23.2 Å². The first-order chi connectivity index (χ1) is 8.18. The summed E-state index contributed by atoms with van der Waals surface area (Å²) in [5.41, 5.74) is 2.10. The van der Waals surface area contributed by atoms with Gasteiger partial charge in [-0.2, -0.15) is 0 Å². The Bertz CT molecular complexity index is 477. The summed E-state index contributed by atoms with van der Waals surface area (Å²) >= 11 is 12.3. The summed E-state index contributed by atoms with van der Waals surface area (Å²) in [4.78, 5) is 2.06. The first-order valence-electron chi connectivity index (χ1n) is 5.37. The van der Waals surface area contributed by atoms with E-state index >= 15 is 0 Å². The zero-order valence-electron chi connectivity index (χ0n) is 9.53. The zero-order valence-corrected chi connectivity index (χ0v) is 11.0. The number of nitrogens with zero attached hydrogens (tertiary/aromatic N) is 1. The molecule has 2 rings (SSSR count). The molecule has 0 saturated carbocycles. The zero-order chi connectivity index (χ0) is 12.3. The van der Waals surface area contributed by atoms with Gasteiger partial charge in [0.15, 0.2) is 0 Å². The highest BCUT2D eigenvalue weighted by atomic mass is 35.5. The van der Waals surface area contributed by atoms with Crippen LogP contribution in [0.4, 0.5) is 5.69 Å². The lowest BCUT2D eigenvalue weighted by molar-refractivity contribution is 0.923. The van der Waals surface area contributed by atoms with E-state index < -0.39 is 0 Å². The lowest BCUT2D eigenvalue weighted by Gasteiger charge is -2.21. The van der Waals surface area contributed by atoms with Crippen LogP contribution in [0.1, 0.15) is 5.56 Å². The highest BCUT2D eigenvalue weighted by molar-refractivity contribution is 6.39. The molecule has 0 aliphatic heterocycles. The van der Waals surface area contributed by atoms with E-state index in [9.17, 15) is 0 Å². The van der Waals surface area contributed by atoms with Crippen molar-refractivity contribution >= 4 is 28.9 Å². The van der Waals surface area contributed by atoms with Gasteiger partial charge in [-0.15, -0.1) is 0 Å². The molecule has 0 heterocycles. The molecule has 88 valence electrons. The van der Waals surface area contributed by atoms with E-state index in [1.54, 1.807) is 0 Å². The number of hydrogen-bond acceptors (Lipinski definition) is 1. The molecule has 0 atom stereocenters. The van der Waals surface area contributed by atoms with Crippen molar-refractivity contribution in [3.05, 3.63) is 64.1 Å². The van der Waals surface area contributed by atoms with Gasteiger partial charge in [0.05, 0.1) is 15.7 Å². The molecule has 3 heteroatoms. The lowest BCUT2D eigenvalue weighted by atomic mass is 10.2. The van der Waals surface area contributed by atoms with Gasteiger partial charge >= 0.3 is 0 Å². The van der Waals surface area contributed by atoms with Crippen molar-refractivity contribution in [3.8, 4) is 0 Å². The largest absolute Gasteiger partial charge is 0.368 e. The van der Waals surface area contributed by atoms with Crippen LogP contribution in [-0.4, -0.2) is 7.05 Å². The SMILES string of the molecule is CN(Cc1ccccc1)c1c(Cl)cccc1Cl. The van der Waals surface area contributed by atoms with Crippen LogP contribution in [0.3, 0.4) is 0 Å². The molecule has 0 unspecified atom stereocenters. The summed E-state index contributed by atoms with van der Waals surface area (Å²) in [6, 6.07) is 15.8. The van der Waals surface area contributed by atoms with Gasteiger partial charge in [0.2, 0.25) is 0 Å². The molecule has 0 bridgehead atoms. The molecular weight excluding hydrogens is 253 g/mol. The Morgan fingerprint density at radius 1 is 0.882 bits per heavy atom. The van der Waals surface area contributed by atoms with Crippen LogP contribution in [0.2, 0.25) is 10.0 Å². The Morgan fingerprint density at radius 2 is 1.47 bits per heavy atom. The highest BCUT2D eigenvalue weighted by Crippen LogP contribution is 2.33. The summed E-state index contributed by atoms with van der Waals surface area (Å²) in [5, 5.41) is 1.35. The first-order valence-corrected chi connectivity index (χ1v) is 6.13. The Morgan fingerprint density at radius 3 is 2.06 bits per heavy atom. The summed E-state index contributed by atoms with van der Waals surface area (Å²) in [7, 11) is 1.99. The number of anilines is 1. The minimum Gasteiger partial charge on any atom is -0.368 e. The smallest absolute Gasteiger partial charge is 0.0745 e. The van der Waals surface area contributed by atoms with Gasteiger partial charge in [0, 0.05) is 13.6 Å². The Hall–Kier alpha value is -1.18. The van der Waals surface area contributed by atoms with Crippen molar-refractivity contribution in [2.75, 3.05) is 11.9 Å². The maximum absolute atomic E-state index is 6.16. The third kappa shape index (κ3) is 2.93. The molecule has 17 heavy (non-hydrogen) atoms. The predicted molar refractivity (Wildman–Crippen MR) is 75.0 cm³/mol. The van der Waals surface area contributed by atoms with Gasteiger partial charge < -0.3 is 4.90 Å². The van der Waals surface area contributed by atoms with E-state index in [1.807, 2.05) is 43.4 Å². The van der Waals surface area contributed by atoms with Gasteiger partial charge in [0.1, 0.15) is 0 Å². The molecule has 2 aromatic carbocycles. The molecule has 0 amide bonds. The number of hydrogen-bond donors (Lipinski definition) is 0. The average Bonchev–Trinajstić information content (AvgIpc) is 2.30. The summed E-state index contributed by atoms with van der Waals surface area (Å²) in [5.74, 6) is 0. The maximum Gasteiger partial charge on any atom is 0.0745 e. The average molecular weight is 266 g/mol. The van der Waals surface area contributed by atoms with Gasteiger partial charge in [-0.3, -0.25) is 0 Å². The van der Waals surface area contributed by atoms with Crippen LogP contribution in [0, 0.1) is 0 Å². The van der Waals surface area contributed by atoms with E-state index in [0.29, 0.717) is 10.0 Å². The highest BCUT2D eigenvalue weighted by Gasteiger charge is 2.10. The van der Waals surface area contributed by atoms with E-state index in [1.165, 1.54) is 5.56 Å². The molecule has 0 spiro atoms. The standard InChI is InChI=1S/C14H13Cl2N/c1-17(10-11-6-3-2-4-7-11)14-12(15)8-5-9-13(14)16/h2-9H,10H2,1H3. The molecule has 0 aliphatic carbocycles. The van der Waals surface area contributed by atoms with E-state index in [2.05, 4.69) is 17.0 Å². The Balaban J connectivity index is 2.23. The van der Waals surface area contributed by atoms with Gasteiger partial charge in [-0.1, -0.05) is 59.6 Å². The fourth-order valence-corrected chi connectivity index (χ4v) is 2.48. The monoisotopic (exact) mass is 265 g/mol. The van der Waals surface area contributed by atoms with Crippen LogP contribution in [-0.2, 0) is 6.54 Å². The van der Waals surface area contributed by atoms with E-state index in [-0.39, 0.29) is 0 Å². The number of para-hydroxylation sites is 1. The number of rotatable bonds is 3. The first kappa shape index (κ1) is 12.3. The number of benzene rings is 2. The van der Waals surface area contributed by atoms with E-state index in [4.69, 9.17) is 23.2 Å². The molecule has 0 fully saturated rings. The van der Waals surface area contributed by atoms with Gasteiger partial charge in [0.25, 0.3) is 0 Å². The Kier molecular flexibility index (Phi) is 3.93. The van der Waals surface area contributed by atoms with Crippen molar-refractivity contribution < 1.29 is 0 Å². The third-order valence-corrected chi connectivity index (χ3v) is 3.19. The van der Waals surface area contributed by atoms with Crippen molar-refractivity contribution in [1.29, 1.82) is 0 Å². The van der Waals surface area contributed by atoms with Crippen LogP contribution < -0.4 is 4.90 Å². The summed E-state index contributed by atoms with van der Waals surface area (Å²) < 4.78 is 0. The normalized spacial score (nSPS) is 10.3. The fraction of sp³-hybridized carbons (Fsp3) is 0.143. The quantitative estimate of drug-likeness (QED) is 0.782. The summed E-state index contributed by atoms with van der Waals surface area (Å²) in [6.07, 6.45) is 0. The number of halogens is 2. The molecule has 1 nitrogen and oxygen atoms in total. The second kappa shape index (κ2) is 5.44. The molecule has 0 N–H and O–H groups in total. The molecule has 2 aromatic rings. The van der Waals surface area contributed by atoms with Crippen LogP contribution in [0.25, 0.3) is 0 Å². The van der Waals surface area contributed by atoms with Gasteiger partial charge in [-0.25, -0.2) is 0 Å². The topological polar surface area (TPSA) is 3.24 Å². The third-order valence-electron chi connectivity index (χ3n) is 2.58. The van der Waals surface area contributed by atoms with Gasteiger partial charge in [-0.05, 0) is 17.7 Å². The van der Waals surface area contributed by atoms with Crippen LogP contribution in [0.5, 0.6) is 0 Å². The second-order valence-corrected chi connectivity index (χ2v) is 4.73. The maximum atomic E-state index is 6.16. The fourth-order valence-electron chi connectivity index (χ4n) is 1.79. The van der Waals surface area contributed by atoms with Crippen molar-refractivity contribution in [2.24, 2.45) is 0 Å². The molecule has 0 radical (unpaired) electrons. The lowest BCUT2D eigenvalue weighted by Crippen LogP contribution is -2.17. The van der Waals surface area contributed by atoms with Crippen molar-refractivity contribution in [2.45, 2.75) is 6.54 Å². The second-order valence-electron chi connectivity index (χ2n) is 3.91. The molecule has 0 aliphatic rings. The minimum absolute atomic E-state index is 0.677. The molecule has 0 saturated heterocycles. The van der Waals surface area contributed by atoms with Crippen LogP contribution in [0.15, 0.2) is 48.5 Å². The molecule has 0 aromatic heterocycles. The van der Waals surface area contributed by atoms with Crippen molar-refractivity contribution in [3.63, 3.8) is 0 Å². The van der Waals surface area contributed by atoms with E-state index in [0.717, 1.165) is 12.2 Å². The Labute approximate surface area is 112 Å². The summed E-state index contributed by atoms with van der Waals surface area (Å²) in [6.45, 7) is 0.782. The van der Waals surface area contributed by atoms with Crippen molar-refractivity contribution in [1.82, 2.24) is 0 Å². The minimum atomic E-state index is 0.677.